The maximum Gasteiger partial charge on any atom is 0.302 e. The van der Waals surface area contributed by atoms with E-state index in [9.17, 15) is 13.9 Å². The predicted molar refractivity (Wildman–Crippen MR) is 48.0 cm³/mol. The zero-order valence-electron chi connectivity index (χ0n) is 7.69. The zero-order valence-corrected chi connectivity index (χ0v) is 7.69. The summed E-state index contributed by atoms with van der Waals surface area (Å²) in [4.78, 5) is 0. The molecule has 1 rings (SSSR count). The number of benzene rings is 1. The molecule has 0 fully saturated rings. The van der Waals surface area contributed by atoms with Crippen molar-refractivity contribution >= 4 is 0 Å². The topological polar surface area (TPSA) is 40.5 Å². The van der Waals surface area contributed by atoms with Crippen molar-refractivity contribution in [1.29, 1.82) is 0 Å². The molecule has 0 bridgehead atoms. The van der Waals surface area contributed by atoms with Crippen LogP contribution in [0, 0.1) is 0 Å². The second kappa shape index (κ2) is 4.02. The molecule has 2 atom stereocenters. The van der Waals surface area contributed by atoms with Gasteiger partial charge in [-0.25, -0.2) is 8.78 Å². The Labute approximate surface area is 80.8 Å². The summed E-state index contributed by atoms with van der Waals surface area (Å²) in [5, 5.41) is 18.1. The fourth-order valence-electron chi connectivity index (χ4n) is 1.09. The lowest BCUT2D eigenvalue weighted by Gasteiger charge is -2.25. The molecule has 0 aliphatic heterocycles. The molecule has 78 valence electrons. The molecule has 0 aliphatic carbocycles. The summed E-state index contributed by atoms with van der Waals surface area (Å²) >= 11 is 0. The third-order valence-corrected chi connectivity index (χ3v) is 2.04. The molecule has 2 nitrogen and oxygen atoms in total. The van der Waals surface area contributed by atoms with Crippen LogP contribution in [-0.4, -0.2) is 22.2 Å². The van der Waals surface area contributed by atoms with E-state index in [1.807, 2.05) is 0 Å². The summed E-state index contributed by atoms with van der Waals surface area (Å²) < 4.78 is 26.3. The predicted octanol–water partition coefficient (Wildman–Crippen LogP) is 1.74. The van der Waals surface area contributed by atoms with Gasteiger partial charge in [-0.2, -0.15) is 0 Å². The highest BCUT2D eigenvalue weighted by atomic mass is 19.3. The van der Waals surface area contributed by atoms with E-state index in [1.54, 1.807) is 18.2 Å². The number of halogens is 2. The molecular weight excluding hydrogens is 190 g/mol. The van der Waals surface area contributed by atoms with Crippen LogP contribution in [-0.2, 0) is 0 Å². The fraction of sp³-hybridized carbons (Fsp3) is 0.400. The Bertz CT molecular complexity index is 285. The number of hydrogen-bond acceptors (Lipinski definition) is 2. The van der Waals surface area contributed by atoms with Gasteiger partial charge in [-0.15, -0.1) is 0 Å². The first-order valence-corrected chi connectivity index (χ1v) is 4.25. The maximum absolute atomic E-state index is 13.1. The van der Waals surface area contributed by atoms with E-state index in [0.717, 1.165) is 6.92 Å². The molecule has 0 aromatic heterocycles. The van der Waals surface area contributed by atoms with Gasteiger partial charge in [-0.1, -0.05) is 30.3 Å². The summed E-state index contributed by atoms with van der Waals surface area (Å²) in [6.07, 6.45) is -3.85. The molecule has 2 N–H and O–H groups in total. The Hall–Kier alpha value is -1.00. The van der Waals surface area contributed by atoms with E-state index in [4.69, 9.17) is 5.11 Å². The lowest BCUT2D eigenvalue weighted by Crippen LogP contribution is -2.37. The van der Waals surface area contributed by atoms with Crippen LogP contribution in [0.5, 0.6) is 0 Å². The number of aliphatic hydroxyl groups is 2. The molecule has 0 unspecified atom stereocenters. The van der Waals surface area contributed by atoms with Crippen molar-refractivity contribution in [3.05, 3.63) is 35.9 Å². The van der Waals surface area contributed by atoms with Crippen molar-refractivity contribution in [2.45, 2.75) is 25.1 Å². The van der Waals surface area contributed by atoms with Gasteiger partial charge in [-0.05, 0) is 12.5 Å². The minimum atomic E-state index is -3.53. The number of alkyl halides is 2. The highest BCUT2D eigenvalue weighted by Crippen LogP contribution is 2.33. The Morgan fingerprint density at radius 2 is 1.64 bits per heavy atom. The van der Waals surface area contributed by atoms with Crippen molar-refractivity contribution in [3.8, 4) is 0 Å². The van der Waals surface area contributed by atoms with Crippen LogP contribution in [0.25, 0.3) is 0 Å². The Kier molecular flexibility index (Phi) is 3.18. The maximum atomic E-state index is 13.1. The van der Waals surface area contributed by atoms with Crippen LogP contribution >= 0.6 is 0 Å². The third kappa shape index (κ3) is 2.08. The van der Waals surface area contributed by atoms with Crippen LogP contribution in [0.4, 0.5) is 8.78 Å². The SMILES string of the molecule is C[C@@H](O)C(F)(F)[C@H](O)c1ccccc1. The summed E-state index contributed by atoms with van der Waals surface area (Å²) in [6.45, 7) is 0.951. The number of aliphatic hydroxyl groups excluding tert-OH is 2. The molecule has 0 spiro atoms. The average molecular weight is 202 g/mol. The number of rotatable bonds is 3. The van der Waals surface area contributed by atoms with Gasteiger partial charge < -0.3 is 10.2 Å². The summed E-state index contributed by atoms with van der Waals surface area (Å²) in [5.41, 5.74) is 0.0957. The molecule has 4 heteroatoms. The Morgan fingerprint density at radius 3 is 2.07 bits per heavy atom. The van der Waals surface area contributed by atoms with E-state index in [2.05, 4.69) is 0 Å². The van der Waals surface area contributed by atoms with E-state index in [0.29, 0.717) is 0 Å². The van der Waals surface area contributed by atoms with Crippen LogP contribution < -0.4 is 0 Å². The van der Waals surface area contributed by atoms with Gasteiger partial charge in [0, 0.05) is 0 Å². The molecule has 0 amide bonds. The first-order chi connectivity index (χ1) is 6.46. The number of hydrogen-bond donors (Lipinski definition) is 2. The standard InChI is InChI=1S/C10H12F2O2/c1-7(13)10(11,12)9(14)8-5-3-2-4-6-8/h2-7,9,13-14H,1H3/t7-,9-/m1/s1. The van der Waals surface area contributed by atoms with E-state index < -0.39 is 18.1 Å². The van der Waals surface area contributed by atoms with Gasteiger partial charge in [-0.3, -0.25) is 0 Å². The normalized spacial score (nSPS) is 16.4. The molecule has 14 heavy (non-hydrogen) atoms. The average Bonchev–Trinajstić information content (AvgIpc) is 2.17. The van der Waals surface area contributed by atoms with Crippen LogP contribution in [0.2, 0.25) is 0 Å². The highest BCUT2D eigenvalue weighted by Gasteiger charge is 2.44. The second-order valence-corrected chi connectivity index (χ2v) is 3.16. The van der Waals surface area contributed by atoms with Gasteiger partial charge in [0.05, 0.1) is 0 Å². The highest BCUT2D eigenvalue weighted by molar-refractivity contribution is 5.19. The van der Waals surface area contributed by atoms with Crippen LogP contribution in [0.1, 0.15) is 18.6 Å². The summed E-state index contributed by atoms with van der Waals surface area (Å²) in [6, 6.07) is 7.55. The third-order valence-electron chi connectivity index (χ3n) is 2.04. The van der Waals surface area contributed by atoms with Gasteiger partial charge in [0.2, 0.25) is 0 Å². The molecule has 1 aromatic carbocycles. The van der Waals surface area contributed by atoms with Crippen LogP contribution in [0.15, 0.2) is 30.3 Å². The zero-order chi connectivity index (χ0) is 10.8. The largest absolute Gasteiger partial charge is 0.387 e. The van der Waals surface area contributed by atoms with E-state index in [1.165, 1.54) is 12.1 Å². The van der Waals surface area contributed by atoms with Crippen molar-refractivity contribution in [3.63, 3.8) is 0 Å². The Balaban J connectivity index is 2.90. The molecule has 1 aromatic rings. The lowest BCUT2D eigenvalue weighted by atomic mass is 10.0. The quantitative estimate of drug-likeness (QED) is 0.783. The van der Waals surface area contributed by atoms with Crippen LogP contribution in [0.3, 0.4) is 0 Å². The molecule has 0 saturated heterocycles. The van der Waals surface area contributed by atoms with Gasteiger partial charge >= 0.3 is 5.92 Å². The van der Waals surface area contributed by atoms with E-state index >= 15 is 0 Å². The molecule has 0 heterocycles. The smallest absolute Gasteiger partial charge is 0.302 e. The Morgan fingerprint density at radius 1 is 1.14 bits per heavy atom. The summed E-state index contributed by atoms with van der Waals surface area (Å²) in [7, 11) is 0. The van der Waals surface area contributed by atoms with Gasteiger partial charge in [0.15, 0.2) is 0 Å². The van der Waals surface area contributed by atoms with Gasteiger partial charge in [0.1, 0.15) is 12.2 Å². The molecule has 0 aliphatic rings. The second-order valence-electron chi connectivity index (χ2n) is 3.16. The molecule has 0 saturated carbocycles. The first kappa shape index (κ1) is 11.1. The minimum Gasteiger partial charge on any atom is -0.387 e. The first-order valence-electron chi connectivity index (χ1n) is 4.25. The van der Waals surface area contributed by atoms with Gasteiger partial charge in [0.25, 0.3) is 0 Å². The lowest BCUT2D eigenvalue weighted by molar-refractivity contribution is -0.173. The minimum absolute atomic E-state index is 0.0957. The molecular formula is C10H12F2O2. The van der Waals surface area contributed by atoms with E-state index in [-0.39, 0.29) is 5.56 Å². The van der Waals surface area contributed by atoms with Crippen molar-refractivity contribution < 1.29 is 19.0 Å². The monoisotopic (exact) mass is 202 g/mol. The molecule has 0 radical (unpaired) electrons. The fourth-order valence-corrected chi connectivity index (χ4v) is 1.09. The van der Waals surface area contributed by atoms with Crippen molar-refractivity contribution in [1.82, 2.24) is 0 Å². The van der Waals surface area contributed by atoms with Crippen molar-refractivity contribution in [2.24, 2.45) is 0 Å². The van der Waals surface area contributed by atoms with Crippen molar-refractivity contribution in [2.75, 3.05) is 0 Å². The summed E-state index contributed by atoms with van der Waals surface area (Å²) in [5.74, 6) is -3.53.